The minimum Gasteiger partial charge on any atom is -0.490 e. The van der Waals surface area contributed by atoms with Gasteiger partial charge in [-0.1, -0.05) is 29.8 Å². The van der Waals surface area contributed by atoms with E-state index in [-0.39, 0.29) is 16.2 Å². The van der Waals surface area contributed by atoms with Gasteiger partial charge in [-0.15, -0.1) is 0 Å². The number of sulfonamides is 1. The Hall–Kier alpha value is -4.67. The Morgan fingerprint density at radius 3 is 2.23 bits per heavy atom. The monoisotopic (exact) mass is 577 g/mol. The number of esters is 1. The molecule has 4 rings (SSSR count). The molecule has 0 aliphatic carbocycles. The van der Waals surface area contributed by atoms with Gasteiger partial charge < -0.3 is 9.47 Å². The minimum absolute atomic E-state index is 0.131. The van der Waals surface area contributed by atoms with Crippen LogP contribution in [-0.2, 0) is 10.0 Å². The molecule has 0 aliphatic heterocycles. The van der Waals surface area contributed by atoms with E-state index in [1.54, 1.807) is 67.6 Å². The Kier molecular flexibility index (Phi) is 9.15. The number of carbonyl (C=O) groups is 2. The summed E-state index contributed by atoms with van der Waals surface area (Å²) in [5.74, 6) is -0.503. The predicted octanol–water partition coefficient (Wildman–Crippen LogP) is 5.52. The highest BCUT2D eigenvalue weighted by molar-refractivity contribution is 7.92. The lowest BCUT2D eigenvalue weighted by Gasteiger charge is -2.11. The van der Waals surface area contributed by atoms with Crippen molar-refractivity contribution in [2.24, 2.45) is 5.10 Å². The van der Waals surface area contributed by atoms with E-state index in [1.165, 1.54) is 42.6 Å². The molecule has 0 fully saturated rings. The van der Waals surface area contributed by atoms with Crippen LogP contribution in [0.15, 0.2) is 107 Å². The summed E-state index contributed by atoms with van der Waals surface area (Å²) < 4.78 is 38.5. The van der Waals surface area contributed by atoms with Gasteiger partial charge in [0.25, 0.3) is 15.9 Å². The Labute approximate surface area is 236 Å². The number of rotatable bonds is 10. The van der Waals surface area contributed by atoms with Crippen LogP contribution in [0.25, 0.3) is 0 Å². The molecule has 0 spiro atoms. The molecule has 0 unspecified atom stereocenters. The highest BCUT2D eigenvalue weighted by Gasteiger charge is 2.15. The highest BCUT2D eigenvalue weighted by atomic mass is 35.5. The van der Waals surface area contributed by atoms with E-state index in [4.69, 9.17) is 21.1 Å². The first-order chi connectivity index (χ1) is 19.2. The molecule has 1 amide bonds. The second-order valence-corrected chi connectivity index (χ2v) is 10.3. The van der Waals surface area contributed by atoms with Crippen molar-refractivity contribution in [2.75, 3.05) is 11.3 Å². The third kappa shape index (κ3) is 7.46. The van der Waals surface area contributed by atoms with Crippen LogP contribution in [0.2, 0.25) is 5.02 Å². The molecule has 4 aromatic rings. The fourth-order valence-corrected chi connectivity index (χ4v) is 4.64. The quantitative estimate of drug-likeness (QED) is 0.111. The number of halogens is 1. The molecule has 0 aromatic heterocycles. The summed E-state index contributed by atoms with van der Waals surface area (Å²) >= 11 is 5.87. The molecule has 11 heteroatoms. The van der Waals surface area contributed by atoms with Gasteiger partial charge in [0.1, 0.15) is 0 Å². The zero-order chi connectivity index (χ0) is 28.5. The Morgan fingerprint density at radius 2 is 1.55 bits per heavy atom. The maximum Gasteiger partial charge on any atom is 0.343 e. The number of ether oxygens (including phenoxy) is 2. The lowest BCUT2D eigenvalue weighted by atomic mass is 10.2. The van der Waals surface area contributed by atoms with Gasteiger partial charge in [0, 0.05) is 16.3 Å². The first-order valence-corrected chi connectivity index (χ1v) is 13.9. The van der Waals surface area contributed by atoms with Crippen molar-refractivity contribution < 1.29 is 27.5 Å². The van der Waals surface area contributed by atoms with Crippen LogP contribution >= 0.6 is 11.6 Å². The van der Waals surface area contributed by atoms with E-state index >= 15 is 0 Å². The molecular weight excluding hydrogens is 554 g/mol. The number of nitrogens with zero attached hydrogens (tertiary/aromatic N) is 1. The molecule has 0 saturated carbocycles. The van der Waals surface area contributed by atoms with E-state index in [0.717, 1.165) is 0 Å². The van der Waals surface area contributed by atoms with Crippen LogP contribution in [0.5, 0.6) is 11.5 Å². The van der Waals surface area contributed by atoms with Gasteiger partial charge in [0.05, 0.1) is 23.3 Å². The van der Waals surface area contributed by atoms with E-state index in [0.29, 0.717) is 34.2 Å². The van der Waals surface area contributed by atoms with Gasteiger partial charge in [-0.25, -0.2) is 18.6 Å². The maximum atomic E-state index is 12.5. The Morgan fingerprint density at radius 1 is 0.875 bits per heavy atom. The van der Waals surface area contributed by atoms with Gasteiger partial charge in [0.2, 0.25) is 0 Å². The summed E-state index contributed by atoms with van der Waals surface area (Å²) in [5, 5.41) is 4.48. The summed E-state index contributed by atoms with van der Waals surface area (Å²) in [7, 11) is -3.74. The topological polar surface area (TPSA) is 123 Å². The first-order valence-electron chi connectivity index (χ1n) is 12.0. The molecule has 2 N–H and O–H groups in total. The maximum absolute atomic E-state index is 12.5. The lowest BCUT2D eigenvalue weighted by Crippen LogP contribution is -2.18. The van der Waals surface area contributed by atoms with Crippen molar-refractivity contribution in [3.63, 3.8) is 0 Å². The van der Waals surface area contributed by atoms with Gasteiger partial charge in [-0.05, 0) is 91.3 Å². The second kappa shape index (κ2) is 12.9. The second-order valence-electron chi connectivity index (χ2n) is 8.23. The molecule has 40 heavy (non-hydrogen) atoms. The standard InChI is InChI=1S/C29H24ClN3O6S/c1-2-38-27-18-20(8-17-26(27)39-29(35)22-9-13-23(30)14-10-22)19-31-32-28(34)21-11-15-24(16-12-21)33-40(36,37)25-6-4-3-5-7-25/h3-19,33H,2H2,1H3,(H,32,34)/b31-19-. The zero-order valence-corrected chi connectivity index (χ0v) is 22.8. The first kappa shape index (κ1) is 28.3. The van der Waals surface area contributed by atoms with Crippen LogP contribution in [-0.4, -0.2) is 33.1 Å². The number of hydrazone groups is 1. The summed E-state index contributed by atoms with van der Waals surface area (Å²) in [5.41, 5.74) is 3.93. The average Bonchev–Trinajstić information content (AvgIpc) is 2.95. The number of carbonyl (C=O) groups excluding carboxylic acids is 2. The van der Waals surface area contributed by atoms with Gasteiger partial charge in [-0.2, -0.15) is 5.10 Å². The van der Waals surface area contributed by atoms with Gasteiger partial charge in [0.15, 0.2) is 11.5 Å². The molecule has 0 aliphatic rings. The normalized spacial score (nSPS) is 11.2. The van der Waals surface area contributed by atoms with Crippen LogP contribution in [0.3, 0.4) is 0 Å². The summed E-state index contributed by atoms with van der Waals surface area (Å²) in [4.78, 5) is 25.1. The van der Waals surface area contributed by atoms with Crippen molar-refractivity contribution in [2.45, 2.75) is 11.8 Å². The fourth-order valence-electron chi connectivity index (χ4n) is 3.44. The fraction of sp³-hybridized carbons (Fsp3) is 0.0690. The van der Waals surface area contributed by atoms with Crippen LogP contribution in [0, 0.1) is 0 Å². The largest absolute Gasteiger partial charge is 0.490 e. The third-order valence-corrected chi connectivity index (χ3v) is 7.03. The molecule has 4 aromatic carbocycles. The SMILES string of the molecule is CCOc1cc(/C=N\NC(=O)c2ccc(NS(=O)(=O)c3ccccc3)cc2)ccc1OC(=O)c1ccc(Cl)cc1. The number of benzene rings is 4. The van der Waals surface area contributed by atoms with Crippen LogP contribution < -0.4 is 19.6 Å². The molecule has 0 bridgehead atoms. The zero-order valence-electron chi connectivity index (χ0n) is 21.2. The molecule has 204 valence electrons. The highest BCUT2D eigenvalue weighted by Crippen LogP contribution is 2.29. The van der Waals surface area contributed by atoms with Crippen molar-refractivity contribution in [3.05, 3.63) is 119 Å². The molecular formula is C29H24ClN3O6S. The number of hydrogen-bond donors (Lipinski definition) is 2. The van der Waals surface area contributed by atoms with Crippen molar-refractivity contribution in [1.29, 1.82) is 0 Å². The third-order valence-electron chi connectivity index (χ3n) is 5.38. The van der Waals surface area contributed by atoms with Crippen molar-refractivity contribution >= 4 is 45.4 Å². The molecule has 0 atom stereocenters. The number of amides is 1. The predicted molar refractivity (Wildman–Crippen MR) is 153 cm³/mol. The number of hydrogen-bond acceptors (Lipinski definition) is 7. The van der Waals surface area contributed by atoms with E-state index in [2.05, 4.69) is 15.2 Å². The summed E-state index contributed by atoms with van der Waals surface area (Å²) in [6.07, 6.45) is 1.41. The molecule has 0 heterocycles. The van der Waals surface area contributed by atoms with Gasteiger partial charge >= 0.3 is 5.97 Å². The van der Waals surface area contributed by atoms with Crippen LogP contribution in [0.4, 0.5) is 5.69 Å². The number of nitrogens with one attached hydrogen (secondary N) is 2. The lowest BCUT2D eigenvalue weighted by molar-refractivity contribution is 0.0728. The van der Waals surface area contributed by atoms with E-state index in [9.17, 15) is 18.0 Å². The summed E-state index contributed by atoms with van der Waals surface area (Å²) in [6, 6.07) is 25.0. The molecule has 0 saturated heterocycles. The van der Waals surface area contributed by atoms with Crippen LogP contribution in [0.1, 0.15) is 33.2 Å². The van der Waals surface area contributed by atoms with Crippen molar-refractivity contribution in [1.82, 2.24) is 5.43 Å². The molecule has 0 radical (unpaired) electrons. The minimum atomic E-state index is -3.74. The smallest absolute Gasteiger partial charge is 0.343 e. The Balaban J connectivity index is 1.37. The van der Waals surface area contributed by atoms with Crippen molar-refractivity contribution in [3.8, 4) is 11.5 Å². The van der Waals surface area contributed by atoms with Gasteiger partial charge in [-0.3, -0.25) is 9.52 Å². The number of anilines is 1. The average molecular weight is 578 g/mol. The van der Waals surface area contributed by atoms with E-state index < -0.39 is 21.9 Å². The van der Waals surface area contributed by atoms with E-state index in [1.807, 2.05) is 0 Å². The summed E-state index contributed by atoms with van der Waals surface area (Å²) in [6.45, 7) is 2.13. The Bertz CT molecular complexity index is 1630. The molecule has 9 nitrogen and oxygen atoms in total.